The first-order valence-corrected chi connectivity index (χ1v) is 17.4. The fourth-order valence-electron chi connectivity index (χ4n) is 12.1. The largest absolute Gasteiger partial charge is 0.356 e. The topological polar surface area (TPSA) is 64.7 Å². The Kier molecular flexibility index (Phi) is 7.96. The van der Waals surface area contributed by atoms with Gasteiger partial charge in [0.05, 0.1) is 0 Å². The summed E-state index contributed by atoms with van der Waals surface area (Å²) in [4.78, 5) is 30.7. The minimum atomic E-state index is 0.316. The number of hydrogen-bond acceptors (Lipinski definition) is 4. The van der Waals surface area contributed by atoms with Crippen molar-refractivity contribution in [3.63, 3.8) is 0 Å². The van der Waals surface area contributed by atoms with Crippen LogP contribution in [0.25, 0.3) is 0 Å². The molecule has 1 saturated heterocycles. The Morgan fingerprint density at radius 2 is 0.825 bits per heavy atom. The molecule has 0 spiro atoms. The molecule has 0 radical (unpaired) electrons. The number of carbonyl (C=O) groups excluding carboxylic acids is 2. The summed E-state index contributed by atoms with van der Waals surface area (Å²) < 4.78 is 0. The zero-order chi connectivity index (χ0) is 27.2. The first-order chi connectivity index (χ1) is 19.4. The van der Waals surface area contributed by atoms with Crippen molar-refractivity contribution in [2.75, 3.05) is 52.4 Å². The van der Waals surface area contributed by atoms with Crippen LogP contribution in [0.15, 0.2) is 0 Å². The normalized spacial score (nSPS) is 41.9. The van der Waals surface area contributed by atoms with Crippen LogP contribution < -0.4 is 10.6 Å². The maximum atomic E-state index is 12.8. The summed E-state index contributed by atoms with van der Waals surface area (Å²) >= 11 is 0. The number of nitrogens with zero attached hydrogens (tertiary/aromatic N) is 2. The van der Waals surface area contributed by atoms with Crippen LogP contribution in [0.5, 0.6) is 0 Å². The van der Waals surface area contributed by atoms with E-state index in [0.717, 1.165) is 114 Å². The van der Waals surface area contributed by atoms with E-state index in [-0.39, 0.29) is 0 Å². The van der Waals surface area contributed by atoms with E-state index in [0.29, 0.717) is 22.6 Å². The third-order valence-corrected chi connectivity index (χ3v) is 12.8. The highest BCUT2D eigenvalue weighted by Gasteiger charge is 2.52. The van der Waals surface area contributed by atoms with Crippen molar-refractivity contribution >= 4 is 11.8 Å². The maximum Gasteiger partial charge on any atom is 0.220 e. The van der Waals surface area contributed by atoms with E-state index in [1.165, 1.54) is 77.0 Å². The Labute approximate surface area is 243 Å². The van der Waals surface area contributed by atoms with Crippen LogP contribution in [0, 0.1) is 46.3 Å². The molecule has 8 bridgehead atoms. The molecule has 6 heteroatoms. The molecule has 9 rings (SSSR count). The van der Waals surface area contributed by atoms with Gasteiger partial charge in [-0.1, -0.05) is 0 Å². The van der Waals surface area contributed by atoms with Gasteiger partial charge in [0.15, 0.2) is 0 Å². The molecule has 0 atom stereocenters. The highest BCUT2D eigenvalue weighted by molar-refractivity contribution is 5.77. The Morgan fingerprint density at radius 1 is 0.525 bits per heavy atom. The molecule has 2 N–H and O–H groups in total. The molecule has 8 aliphatic carbocycles. The van der Waals surface area contributed by atoms with Crippen molar-refractivity contribution in [1.82, 2.24) is 20.4 Å². The summed E-state index contributed by atoms with van der Waals surface area (Å²) in [7, 11) is 0. The van der Waals surface area contributed by atoms with Gasteiger partial charge in [0, 0.05) is 52.1 Å². The summed E-state index contributed by atoms with van der Waals surface area (Å²) in [6.07, 6.45) is 20.3. The number of carbonyl (C=O) groups is 2. The summed E-state index contributed by atoms with van der Waals surface area (Å²) in [6.45, 7) is 8.33. The molecule has 0 unspecified atom stereocenters. The molecule has 0 aromatic heterocycles. The van der Waals surface area contributed by atoms with Crippen LogP contribution in [0.3, 0.4) is 0 Å². The second-order valence-electron chi connectivity index (χ2n) is 16.3. The van der Waals surface area contributed by atoms with Crippen LogP contribution >= 0.6 is 0 Å². The predicted octanol–water partition coefficient (Wildman–Crippen LogP) is 4.83. The Morgan fingerprint density at radius 3 is 1.12 bits per heavy atom. The first-order valence-electron chi connectivity index (χ1n) is 17.4. The third kappa shape index (κ3) is 6.28. The van der Waals surface area contributed by atoms with Gasteiger partial charge in [-0.25, -0.2) is 0 Å². The van der Waals surface area contributed by atoms with Crippen LogP contribution in [0.2, 0.25) is 0 Å². The molecule has 6 nitrogen and oxygen atoms in total. The van der Waals surface area contributed by atoms with Crippen LogP contribution in [-0.2, 0) is 9.59 Å². The van der Waals surface area contributed by atoms with Crippen molar-refractivity contribution in [3.8, 4) is 0 Å². The molecule has 1 heterocycles. The van der Waals surface area contributed by atoms with Crippen molar-refractivity contribution in [2.45, 2.75) is 103 Å². The average Bonchev–Trinajstić information content (AvgIpc) is 2.88. The number of nitrogens with one attached hydrogen (secondary N) is 2. The van der Waals surface area contributed by atoms with Crippen LogP contribution in [-0.4, -0.2) is 74.0 Å². The van der Waals surface area contributed by atoms with Gasteiger partial charge in [-0.05, 0) is 149 Å². The fraction of sp³-hybridized carbons (Fsp3) is 0.941. The van der Waals surface area contributed by atoms with Gasteiger partial charge in [0.2, 0.25) is 11.8 Å². The average molecular weight is 553 g/mol. The van der Waals surface area contributed by atoms with E-state index in [4.69, 9.17) is 0 Å². The molecule has 0 aromatic carbocycles. The lowest BCUT2D eigenvalue weighted by Gasteiger charge is -2.56. The lowest BCUT2D eigenvalue weighted by molar-refractivity contribution is -0.130. The van der Waals surface area contributed by atoms with E-state index in [2.05, 4.69) is 20.4 Å². The fourth-order valence-corrected chi connectivity index (χ4v) is 12.1. The molecule has 9 fully saturated rings. The molecule has 8 saturated carbocycles. The van der Waals surface area contributed by atoms with E-state index >= 15 is 0 Å². The first kappa shape index (κ1) is 27.7. The molecule has 40 heavy (non-hydrogen) atoms. The van der Waals surface area contributed by atoms with Crippen molar-refractivity contribution < 1.29 is 9.59 Å². The van der Waals surface area contributed by atoms with Gasteiger partial charge in [0.25, 0.3) is 0 Å². The van der Waals surface area contributed by atoms with Gasteiger partial charge in [-0.15, -0.1) is 0 Å². The molecular formula is C34H56N4O2. The molecule has 2 amide bonds. The maximum absolute atomic E-state index is 12.8. The number of amides is 2. The number of rotatable bonds is 12. The van der Waals surface area contributed by atoms with Gasteiger partial charge in [0.1, 0.15) is 0 Å². The highest BCUT2D eigenvalue weighted by Crippen LogP contribution is 2.62. The highest BCUT2D eigenvalue weighted by atomic mass is 16.2. The quantitative estimate of drug-likeness (QED) is 0.341. The molecular weight excluding hydrogens is 496 g/mol. The second kappa shape index (κ2) is 11.5. The summed E-state index contributed by atoms with van der Waals surface area (Å²) in [6, 6.07) is 0. The zero-order valence-corrected chi connectivity index (χ0v) is 25.1. The summed E-state index contributed by atoms with van der Waals surface area (Å²) in [5.41, 5.74) is 0.707. The zero-order valence-electron chi connectivity index (χ0n) is 25.1. The Balaban J connectivity index is 0.725. The standard InChI is InChI=1S/C34H56N4O2/c39-31(23-33-17-25-11-26(18-33)13-27(12-25)19-33)35-3-1-5-37-7-9-38(10-8-37)6-2-4-36-32(40)24-34-20-28-14-29(21-34)16-30(15-28)22-34/h25-30H,1-24H2,(H,35,39)(H,36,40). The van der Waals surface area contributed by atoms with Gasteiger partial charge in [-0.3, -0.25) is 9.59 Å². The minimum absolute atomic E-state index is 0.316. The summed E-state index contributed by atoms with van der Waals surface area (Å²) in [5.74, 6) is 6.18. The SMILES string of the molecule is O=C(CC12CC3CC(CC(C3)C1)C2)NCCCN1CCN(CCCNC(=O)CC23CC4CC(CC(C4)C2)C3)CC1. The molecule has 9 aliphatic rings. The lowest BCUT2D eigenvalue weighted by atomic mass is 9.49. The van der Waals surface area contributed by atoms with Crippen LogP contribution in [0.4, 0.5) is 0 Å². The van der Waals surface area contributed by atoms with Gasteiger partial charge >= 0.3 is 0 Å². The molecule has 0 aromatic rings. The smallest absolute Gasteiger partial charge is 0.220 e. The monoisotopic (exact) mass is 552 g/mol. The van der Waals surface area contributed by atoms with Crippen molar-refractivity contribution in [3.05, 3.63) is 0 Å². The molecule has 224 valence electrons. The number of piperazine rings is 1. The second-order valence-corrected chi connectivity index (χ2v) is 16.3. The minimum Gasteiger partial charge on any atom is -0.356 e. The van der Waals surface area contributed by atoms with Crippen molar-refractivity contribution in [1.29, 1.82) is 0 Å². The molecule has 1 aliphatic heterocycles. The van der Waals surface area contributed by atoms with Gasteiger partial charge < -0.3 is 20.4 Å². The van der Waals surface area contributed by atoms with Crippen molar-refractivity contribution in [2.24, 2.45) is 46.3 Å². The Hall–Kier alpha value is -1.14. The van der Waals surface area contributed by atoms with E-state index in [9.17, 15) is 9.59 Å². The van der Waals surface area contributed by atoms with E-state index < -0.39 is 0 Å². The lowest BCUT2D eigenvalue weighted by Crippen LogP contribution is -2.48. The van der Waals surface area contributed by atoms with E-state index in [1.807, 2.05) is 0 Å². The van der Waals surface area contributed by atoms with E-state index in [1.54, 1.807) is 0 Å². The van der Waals surface area contributed by atoms with Gasteiger partial charge in [-0.2, -0.15) is 0 Å². The van der Waals surface area contributed by atoms with Crippen LogP contribution in [0.1, 0.15) is 103 Å². The third-order valence-electron chi connectivity index (χ3n) is 12.8. The number of hydrogen-bond donors (Lipinski definition) is 2. The predicted molar refractivity (Wildman–Crippen MR) is 159 cm³/mol. The summed E-state index contributed by atoms with van der Waals surface area (Å²) in [5, 5.41) is 6.56. The Bertz CT molecular complexity index is 780.